The average Bonchev–Trinajstić information content (AvgIpc) is 2.43. The lowest BCUT2D eigenvalue weighted by Gasteiger charge is -2.26. The summed E-state index contributed by atoms with van der Waals surface area (Å²) in [5, 5.41) is 3.60. The van der Waals surface area contributed by atoms with Gasteiger partial charge in [-0.1, -0.05) is 24.3 Å². The minimum Gasteiger partial charge on any atom is -0.376 e. The molecule has 2 nitrogen and oxygen atoms in total. The van der Waals surface area contributed by atoms with Crippen molar-refractivity contribution >= 4 is 33.4 Å². The van der Waals surface area contributed by atoms with E-state index in [0.717, 1.165) is 27.4 Å². The molecule has 0 amide bonds. The number of hydrogen-bond acceptors (Lipinski definition) is 3. The summed E-state index contributed by atoms with van der Waals surface area (Å²) in [4.78, 5) is 4.35. The first kappa shape index (κ1) is 13.0. The normalized spacial score (nSPS) is 17.9. The number of thioether (sulfide) groups is 1. The first-order valence-corrected chi connectivity index (χ1v) is 8.23. The molecule has 2 heterocycles. The van der Waals surface area contributed by atoms with E-state index in [4.69, 9.17) is 0 Å². The van der Waals surface area contributed by atoms with Crippen LogP contribution in [0.5, 0.6) is 0 Å². The molecular formula is C15H15BrN2S. The van der Waals surface area contributed by atoms with Gasteiger partial charge in [-0.05, 0) is 45.6 Å². The van der Waals surface area contributed by atoms with Crippen molar-refractivity contribution in [2.24, 2.45) is 0 Å². The molecule has 0 fully saturated rings. The number of benzene rings is 1. The molecule has 19 heavy (non-hydrogen) atoms. The molecule has 1 aliphatic heterocycles. The van der Waals surface area contributed by atoms with Crippen LogP contribution in [-0.2, 0) is 5.75 Å². The van der Waals surface area contributed by atoms with E-state index in [1.54, 1.807) is 0 Å². The van der Waals surface area contributed by atoms with Gasteiger partial charge in [-0.2, -0.15) is 11.8 Å². The minimum atomic E-state index is 0.373. The maximum absolute atomic E-state index is 4.35. The Hall–Kier alpha value is -1.00. The van der Waals surface area contributed by atoms with Gasteiger partial charge < -0.3 is 5.32 Å². The first-order chi connectivity index (χ1) is 9.24. The Morgan fingerprint density at radius 3 is 3.05 bits per heavy atom. The van der Waals surface area contributed by atoms with Crippen LogP contribution in [0.4, 0.5) is 5.69 Å². The Labute approximate surface area is 126 Å². The van der Waals surface area contributed by atoms with Crippen molar-refractivity contribution in [3.8, 4) is 0 Å². The van der Waals surface area contributed by atoms with Gasteiger partial charge in [0.05, 0.1) is 17.9 Å². The fourth-order valence-corrected chi connectivity index (χ4v) is 3.66. The highest BCUT2D eigenvalue weighted by Crippen LogP contribution is 2.34. The second-order valence-electron chi connectivity index (χ2n) is 4.74. The predicted molar refractivity (Wildman–Crippen MR) is 85.6 cm³/mol. The van der Waals surface area contributed by atoms with Gasteiger partial charge in [-0.25, -0.2) is 4.98 Å². The van der Waals surface area contributed by atoms with Gasteiger partial charge >= 0.3 is 0 Å². The first-order valence-electron chi connectivity index (χ1n) is 6.28. The molecule has 1 atom stereocenters. The molecule has 1 N–H and O–H groups in total. The van der Waals surface area contributed by atoms with Crippen LogP contribution in [0.15, 0.2) is 41.1 Å². The average molecular weight is 335 g/mol. The predicted octanol–water partition coefficient (Wildman–Crippen LogP) is 4.55. The zero-order chi connectivity index (χ0) is 13.2. The molecule has 3 rings (SSSR count). The molecule has 0 radical (unpaired) electrons. The summed E-state index contributed by atoms with van der Waals surface area (Å²) >= 11 is 5.42. The van der Waals surface area contributed by atoms with Crippen LogP contribution >= 0.6 is 27.7 Å². The molecule has 0 aliphatic carbocycles. The number of anilines is 1. The fourth-order valence-electron chi connectivity index (χ4n) is 2.34. The molecule has 0 saturated carbocycles. The smallest absolute Gasteiger partial charge is 0.109 e. The molecule has 98 valence electrons. The standard InChI is InChI=1S/C15H15BrN2S/c1-10-6-12(7-17-15(10)16)18-14-9-19-8-11-4-2-3-5-13(11)14/h2-7,14,18H,8-9H2,1H3. The molecule has 4 heteroatoms. The van der Waals surface area contributed by atoms with Crippen LogP contribution < -0.4 is 5.32 Å². The van der Waals surface area contributed by atoms with Crippen LogP contribution in [0.25, 0.3) is 0 Å². The van der Waals surface area contributed by atoms with Crippen molar-refractivity contribution in [2.75, 3.05) is 11.1 Å². The van der Waals surface area contributed by atoms with E-state index < -0.39 is 0 Å². The van der Waals surface area contributed by atoms with E-state index in [1.807, 2.05) is 18.0 Å². The molecule has 0 saturated heterocycles. The van der Waals surface area contributed by atoms with Crippen LogP contribution in [0.1, 0.15) is 22.7 Å². The van der Waals surface area contributed by atoms with Crippen molar-refractivity contribution < 1.29 is 0 Å². The molecule has 1 aromatic carbocycles. The summed E-state index contributed by atoms with van der Waals surface area (Å²) in [6, 6.07) is 11.2. The third-order valence-electron chi connectivity index (χ3n) is 3.33. The zero-order valence-corrected chi connectivity index (χ0v) is 13.1. The summed E-state index contributed by atoms with van der Waals surface area (Å²) in [5.41, 5.74) is 5.10. The number of fused-ring (bicyclic) bond motifs is 1. The Morgan fingerprint density at radius 2 is 2.21 bits per heavy atom. The Morgan fingerprint density at radius 1 is 1.37 bits per heavy atom. The van der Waals surface area contributed by atoms with Crippen molar-refractivity contribution in [1.29, 1.82) is 0 Å². The summed E-state index contributed by atoms with van der Waals surface area (Å²) in [6.07, 6.45) is 1.89. The molecule has 1 aromatic heterocycles. The number of rotatable bonds is 2. The molecule has 0 bridgehead atoms. The Balaban J connectivity index is 1.86. The minimum absolute atomic E-state index is 0.373. The highest BCUT2D eigenvalue weighted by molar-refractivity contribution is 9.10. The third-order valence-corrected chi connectivity index (χ3v) is 5.24. The quantitative estimate of drug-likeness (QED) is 0.815. The highest BCUT2D eigenvalue weighted by Gasteiger charge is 2.19. The molecular weight excluding hydrogens is 320 g/mol. The summed E-state index contributed by atoms with van der Waals surface area (Å²) in [7, 11) is 0. The largest absolute Gasteiger partial charge is 0.376 e. The number of nitrogens with zero attached hydrogens (tertiary/aromatic N) is 1. The van der Waals surface area contributed by atoms with Crippen molar-refractivity contribution in [3.63, 3.8) is 0 Å². The number of pyridine rings is 1. The maximum atomic E-state index is 4.35. The van der Waals surface area contributed by atoms with E-state index in [2.05, 4.69) is 63.5 Å². The van der Waals surface area contributed by atoms with E-state index >= 15 is 0 Å². The topological polar surface area (TPSA) is 24.9 Å². The number of aromatic nitrogens is 1. The third kappa shape index (κ3) is 2.79. The summed E-state index contributed by atoms with van der Waals surface area (Å²) in [5.74, 6) is 2.22. The van der Waals surface area contributed by atoms with Crippen LogP contribution in [-0.4, -0.2) is 10.7 Å². The van der Waals surface area contributed by atoms with Crippen LogP contribution in [0.3, 0.4) is 0 Å². The summed E-state index contributed by atoms with van der Waals surface area (Å²) < 4.78 is 0.913. The van der Waals surface area contributed by atoms with Gasteiger partial charge in [0.1, 0.15) is 4.60 Å². The van der Waals surface area contributed by atoms with Crippen molar-refractivity contribution in [3.05, 3.63) is 57.8 Å². The Bertz CT molecular complexity index is 600. The van der Waals surface area contributed by atoms with E-state index in [-0.39, 0.29) is 0 Å². The second kappa shape index (κ2) is 5.55. The molecule has 2 aromatic rings. The number of nitrogens with one attached hydrogen (secondary N) is 1. The maximum Gasteiger partial charge on any atom is 0.109 e. The number of halogens is 1. The SMILES string of the molecule is Cc1cc(NC2CSCc3ccccc32)cnc1Br. The van der Waals surface area contributed by atoms with Crippen LogP contribution in [0.2, 0.25) is 0 Å². The zero-order valence-electron chi connectivity index (χ0n) is 10.7. The van der Waals surface area contributed by atoms with Crippen molar-refractivity contribution in [2.45, 2.75) is 18.7 Å². The number of hydrogen-bond donors (Lipinski definition) is 1. The van der Waals surface area contributed by atoms with Crippen LogP contribution in [0, 0.1) is 6.92 Å². The van der Waals surface area contributed by atoms with Gasteiger partial charge in [0.2, 0.25) is 0 Å². The highest BCUT2D eigenvalue weighted by atomic mass is 79.9. The number of aryl methyl sites for hydroxylation is 1. The lowest BCUT2D eigenvalue weighted by atomic mass is 10.0. The van der Waals surface area contributed by atoms with E-state index in [0.29, 0.717) is 6.04 Å². The molecule has 1 aliphatic rings. The fraction of sp³-hybridized carbons (Fsp3) is 0.267. The van der Waals surface area contributed by atoms with Gasteiger partial charge in [-0.15, -0.1) is 0 Å². The van der Waals surface area contributed by atoms with Gasteiger partial charge in [0.15, 0.2) is 0 Å². The van der Waals surface area contributed by atoms with Gasteiger partial charge in [-0.3, -0.25) is 0 Å². The van der Waals surface area contributed by atoms with Gasteiger partial charge in [0.25, 0.3) is 0 Å². The van der Waals surface area contributed by atoms with E-state index in [9.17, 15) is 0 Å². The van der Waals surface area contributed by atoms with Gasteiger partial charge in [0, 0.05) is 11.5 Å². The van der Waals surface area contributed by atoms with Crippen molar-refractivity contribution in [1.82, 2.24) is 4.98 Å². The Kier molecular flexibility index (Phi) is 3.80. The second-order valence-corrected chi connectivity index (χ2v) is 6.52. The molecule has 0 spiro atoms. The summed E-state index contributed by atoms with van der Waals surface area (Å²) in [6.45, 7) is 2.06. The van der Waals surface area contributed by atoms with E-state index in [1.165, 1.54) is 11.1 Å². The lowest BCUT2D eigenvalue weighted by Crippen LogP contribution is -2.18. The monoisotopic (exact) mass is 334 g/mol. The lowest BCUT2D eigenvalue weighted by molar-refractivity contribution is 0.868. The molecule has 1 unspecified atom stereocenters.